The highest BCUT2D eigenvalue weighted by Gasteiger charge is 2.16. The van der Waals surface area contributed by atoms with Gasteiger partial charge in [0.05, 0.1) is 5.84 Å². The van der Waals surface area contributed by atoms with E-state index >= 15 is 0 Å². The number of rotatable bonds is 13. The number of aliphatic imine (C=N–C) groups is 1. The van der Waals surface area contributed by atoms with E-state index in [1.54, 1.807) is 18.7 Å². The molecule has 1 atom stereocenters. The SMILES string of the molecule is CSNC(=O)C(CSC/C=C(\C)CC/C=C(\C)CCC=C(C)C)N=C(C)N. The van der Waals surface area contributed by atoms with Crippen LogP contribution in [0.1, 0.15) is 60.3 Å². The van der Waals surface area contributed by atoms with Gasteiger partial charge in [-0.15, -0.1) is 0 Å². The van der Waals surface area contributed by atoms with Crippen LogP contribution in [0, 0.1) is 0 Å². The van der Waals surface area contributed by atoms with Gasteiger partial charge in [-0.2, -0.15) is 11.8 Å². The van der Waals surface area contributed by atoms with Gasteiger partial charge in [-0.25, -0.2) is 0 Å². The Labute approximate surface area is 174 Å². The summed E-state index contributed by atoms with van der Waals surface area (Å²) in [5.74, 6) is 1.87. The van der Waals surface area contributed by atoms with Crippen LogP contribution in [0.2, 0.25) is 0 Å². The zero-order valence-corrected chi connectivity index (χ0v) is 19.4. The topological polar surface area (TPSA) is 67.5 Å². The third-order valence-corrected chi connectivity index (χ3v) is 5.17. The average Bonchev–Trinajstić information content (AvgIpc) is 2.57. The van der Waals surface area contributed by atoms with Gasteiger partial charge in [0, 0.05) is 17.8 Å². The maximum atomic E-state index is 12.0. The van der Waals surface area contributed by atoms with Gasteiger partial charge in [0.15, 0.2) is 0 Å². The molecule has 0 aliphatic carbocycles. The number of amides is 1. The highest BCUT2D eigenvalue weighted by molar-refractivity contribution is 7.99. The highest BCUT2D eigenvalue weighted by Crippen LogP contribution is 2.13. The van der Waals surface area contributed by atoms with Crippen molar-refractivity contribution >= 4 is 35.5 Å². The lowest BCUT2D eigenvalue weighted by Crippen LogP contribution is -2.32. The lowest BCUT2D eigenvalue weighted by molar-refractivity contribution is -0.119. The number of carbonyl (C=O) groups excluding carboxylic acids is 1. The molecule has 0 radical (unpaired) electrons. The summed E-state index contributed by atoms with van der Waals surface area (Å²) >= 11 is 3.00. The molecule has 0 aromatic heterocycles. The standard InChI is InChI=1S/C21H37N3OS2/c1-16(2)9-7-10-17(3)11-8-12-18(4)13-14-27-15-20(23-19(5)22)21(25)24-26-6/h9,11,13,20H,7-8,10,12,14-15H2,1-6H3,(H2,22,23)(H,24,25)/b17-11+,18-13+. The van der Waals surface area contributed by atoms with Crippen molar-refractivity contribution in [2.24, 2.45) is 10.7 Å². The molecule has 0 heterocycles. The zero-order chi connectivity index (χ0) is 20.7. The van der Waals surface area contributed by atoms with Crippen molar-refractivity contribution in [2.75, 3.05) is 17.8 Å². The number of allylic oxidation sites excluding steroid dienone is 5. The Morgan fingerprint density at radius 1 is 1.04 bits per heavy atom. The summed E-state index contributed by atoms with van der Waals surface area (Å²) in [7, 11) is 0. The minimum Gasteiger partial charge on any atom is -0.388 e. The van der Waals surface area contributed by atoms with E-state index in [0.717, 1.165) is 31.4 Å². The first kappa shape index (κ1) is 25.9. The van der Waals surface area contributed by atoms with Gasteiger partial charge in [0.1, 0.15) is 6.04 Å². The second kappa shape index (κ2) is 15.9. The zero-order valence-electron chi connectivity index (χ0n) is 17.8. The molecule has 0 aromatic rings. The number of amidine groups is 1. The van der Waals surface area contributed by atoms with Crippen molar-refractivity contribution in [1.82, 2.24) is 4.72 Å². The van der Waals surface area contributed by atoms with Crippen molar-refractivity contribution < 1.29 is 4.79 Å². The Hall–Kier alpha value is -1.14. The first-order valence-electron chi connectivity index (χ1n) is 9.41. The minimum absolute atomic E-state index is 0.0887. The first-order valence-corrected chi connectivity index (χ1v) is 11.8. The number of nitrogens with zero attached hydrogens (tertiary/aromatic N) is 1. The molecular formula is C21H37N3OS2. The monoisotopic (exact) mass is 411 g/mol. The molecule has 6 heteroatoms. The van der Waals surface area contributed by atoms with E-state index in [4.69, 9.17) is 5.73 Å². The van der Waals surface area contributed by atoms with Gasteiger partial charge in [0.2, 0.25) is 0 Å². The fourth-order valence-electron chi connectivity index (χ4n) is 2.31. The number of nitrogens with two attached hydrogens (primary N) is 1. The predicted molar refractivity (Wildman–Crippen MR) is 125 cm³/mol. The number of hydrogen-bond donors (Lipinski definition) is 2. The Morgan fingerprint density at radius 3 is 2.19 bits per heavy atom. The van der Waals surface area contributed by atoms with E-state index in [2.05, 4.69) is 55.6 Å². The van der Waals surface area contributed by atoms with Crippen molar-refractivity contribution in [3.8, 4) is 0 Å². The molecule has 0 spiro atoms. The van der Waals surface area contributed by atoms with Crippen molar-refractivity contribution in [1.29, 1.82) is 0 Å². The van der Waals surface area contributed by atoms with Gasteiger partial charge < -0.3 is 5.73 Å². The predicted octanol–water partition coefficient (Wildman–Crippen LogP) is 5.28. The average molecular weight is 412 g/mol. The Bertz CT molecular complexity index is 558. The van der Waals surface area contributed by atoms with Crippen LogP contribution in [-0.4, -0.2) is 35.5 Å². The smallest absolute Gasteiger partial charge is 0.255 e. The highest BCUT2D eigenvalue weighted by atomic mass is 32.2. The van der Waals surface area contributed by atoms with Crippen LogP contribution in [0.25, 0.3) is 0 Å². The maximum Gasteiger partial charge on any atom is 0.255 e. The molecule has 0 aliphatic rings. The van der Waals surface area contributed by atoms with Crippen molar-refractivity contribution in [3.63, 3.8) is 0 Å². The van der Waals surface area contributed by atoms with Crippen LogP contribution in [-0.2, 0) is 4.79 Å². The first-order chi connectivity index (χ1) is 12.8. The molecule has 0 bridgehead atoms. The number of carbonyl (C=O) groups is 1. The van der Waals surface area contributed by atoms with Gasteiger partial charge in [-0.1, -0.05) is 46.9 Å². The summed E-state index contributed by atoms with van der Waals surface area (Å²) in [6.45, 7) is 10.4. The van der Waals surface area contributed by atoms with Gasteiger partial charge in [-0.3, -0.25) is 14.5 Å². The molecule has 27 heavy (non-hydrogen) atoms. The van der Waals surface area contributed by atoms with Crippen LogP contribution in [0.5, 0.6) is 0 Å². The molecular weight excluding hydrogens is 374 g/mol. The fraction of sp³-hybridized carbons (Fsp3) is 0.619. The molecule has 3 N–H and O–H groups in total. The van der Waals surface area contributed by atoms with Crippen LogP contribution in [0.4, 0.5) is 0 Å². The summed E-state index contributed by atoms with van der Waals surface area (Å²) in [6.07, 6.45) is 13.2. The summed E-state index contributed by atoms with van der Waals surface area (Å²) in [4.78, 5) is 16.2. The van der Waals surface area contributed by atoms with E-state index in [1.165, 1.54) is 28.7 Å². The quantitative estimate of drug-likeness (QED) is 0.142. The molecule has 0 aromatic carbocycles. The Kier molecular flexibility index (Phi) is 15.2. The van der Waals surface area contributed by atoms with Crippen LogP contribution < -0.4 is 10.5 Å². The number of thioether (sulfide) groups is 1. The van der Waals surface area contributed by atoms with Crippen LogP contribution >= 0.6 is 23.7 Å². The largest absolute Gasteiger partial charge is 0.388 e. The van der Waals surface area contributed by atoms with E-state index < -0.39 is 6.04 Å². The lowest BCUT2D eigenvalue weighted by atomic mass is 10.1. The molecule has 154 valence electrons. The molecule has 1 unspecified atom stereocenters. The second-order valence-electron chi connectivity index (χ2n) is 6.95. The molecule has 0 aliphatic heterocycles. The summed E-state index contributed by atoms with van der Waals surface area (Å²) in [5, 5.41) is 0. The summed E-state index contributed by atoms with van der Waals surface area (Å²) < 4.78 is 2.74. The summed E-state index contributed by atoms with van der Waals surface area (Å²) in [6, 6.07) is -0.424. The van der Waals surface area contributed by atoms with E-state index in [-0.39, 0.29) is 5.91 Å². The molecule has 1 amide bonds. The molecule has 0 rings (SSSR count). The molecule has 0 saturated heterocycles. The third-order valence-electron chi connectivity index (χ3n) is 3.81. The second-order valence-corrected chi connectivity index (χ2v) is 8.64. The van der Waals surface area contributed by atoms with Crippen LogP contribution in [0.3, 0.4) is 0 Å². The fourth-order valence-corrected chi connectivity index (χ4v) is 3.63. The van der Waals surface area contributed by atoms with E-state index in [1.807, 2.05) is 6.26 Å². The summed E-state index contributed by atoms with van der Waals surface area (Å²) in [5.41, 5.74) is 9.88. The molecule has 0 fully saturated rings. The lowest BCUT2D eigenvalue weighted by Gasteiger charge is -2.11. The Morgan fingerprint density at radius 2 is 1.63 bits per heavy atom. The molecule has 4 nitrogen and oxygen atoms in total. The van der Waals surface area contributed by atoms with Crippen molar-refractivity contribution in [2.45, 2.75) is 66.3 Å². The van der Waals surface area contributed by atoms with E-state index in [9.17, 15) is 4.79 Å². The number of nitrogens with one attached hydrogen (secondary N) is 1. The minimum atomic E-state index is -0.424. The van der Waals surface area contributed by atoms with Crippen LogP contribution in [0.15, 0.2) is 39.9 Å². The van der Waals surface area contributed by atoms with Gasteiger partial charge in [-0.05, 0) is 60.3 Å². The maximum absolute atomic E-state index is 12.0. The van der Waals surface area contributed by atoms with E-state index in [0.29, 0.717) is 11.6 Å². The van der Waals surface area contributed by atoms with Gasteiger partial charge >= 0.3 is 0 Å². The normalized spacial score (nSPS) is 14.1. The van der Waals surface area contributed by atoms with Crippen molar-refractivity contribution in [3.05, 3.63) is 34.9 Å². The third kappa shape index (κ3) is 15.6. The number of hydrogen-bond acceptors (Lipinski definition) is 4. The molecule has 0 saturated carbocycles. The van der Waals surface area contributed by atoms with Gasteiger partial charge in [0.25, 0.3) is 5.91 Å². The Balaban J connectivity index is 4.24.